The average Bonchev–Trinajstić information content (AvgIpc) is 3.21. The molecule has 1 N–H and O–H groups in total. The van der Waals surface area contributed by atoms with E-state index in [1.165, 1.54) is 16.9 Å². The largest absolute Gasteiger partial charge is 0.348 e. The first-order chi connectivity index (χ1) is 13.3. The molecule has 2 aromatic carbocycles. The summed E-state index contributed by atoms with van der Waals surface area (Å²) in [4.78, 5) is 20.4. The van der Waals surface area contributed by atoms with Crippen LogP contribution in [-0.4, -0.2) is 34.9 Å². The molecule has 4 rings (SSSR count). The van der Waals surface area contributed by atoms with Gasteiger partial charge < -0.3 is 5.32 Å². The quantitative estimate of drug-likeness (QED) is 0.725. The number of rotatable bonds is 5. The first-order valence-electron chi connectivity index (χ1n) is 9.35. The maximum Gasteiger partial charge on any atom is 0.263 e. The van der Waals surface area contributed by atoms with E-state index in [1.54, 1.807) is 5.51 Å². The van der Waals surface area contributed by atoms with Gasteiger partial charge in [-0.05, 0) is 18.4 Å². The minimum Gasteiger partial charge on any atom is -0.348 e. The second-order valence-electron chi connectivity index (χ2n) is 6.91. The Morgan fingerprint density at radius 1 is 1.04 bits per heavy atom. The van der Waals surface area contributed by atoms with E-state index in [0.717, 1.165) is 43.7 Å². The predicted octanol–water partition coefficient (Wildman–Crippen LogP) is 4.20. The number of piperidine rings is 1. The fourth-order valence-electron chi connectivity index (χ4n) is 3.54. The van der Waals surface area contributed by atoms with Crippen LogP contribution < -0.4 is 5.32 Å². The van der Waals surface area contributed by atoms with Gasteiger partial charge in [0.25, 0.3) is 5.91 Å². The Bertz CT molecular complexity index is 871. The fourth-order valence-corrected chi connectivity index (χ4v) is 4.25. The van der Waals surface area contributed by atoms with Gasteiger partial charge >= 0.3 is 0 Å². The van der Waals surface area contributed by atoms with Crippen LogP contribution in [0, 0.1) is 0 Å². The minimum atomic E-state index is -0.00198. The van der Waals surface area contributed by atoms with E-state index in [1.807, 2.05) is 30.3 Å². The number of benzene rings is 2. The Morgan fingerprint density at radius 3 is 2.41 bits per heavy atom. The molecule has 27 heavy (non-hydrogen) atoms. The molecule has 0 spiro atoms. The molecule has 0 saturated carbocycles. The van der Waals surface area contributed by atoms with Crippen LogP contribution in [0.2, 0.25) is 0 Å². The lowest BCUT2D eigenvalue weighted by atomic mass is 10.0. The summed E-state index contributed by atoms with van der Waals surface area (Å²) in [5, 5.41) is 3.22. The zero-order valence-electron chi connectivity index (χ0n) is 15.2. The van der Waals surface area contributed by atoms with E-state index in [9.17, 15) is 4.79 Å². The highest BCUT2D eigenvalue weighted by Crippen LogP contribution is 2.25. The summed E-state index contributed by atoms with van der Waals surface area (Å²) in [5.41, 5.74) is 4.86. The van der Waals surface area contributed by atoms with Gasteiger partial charge in [-0.15, -0.1) is 11.3 Å². The molecule has 0 unspecified atom stereocenters. The van der Waals surface area contributed by atoms with E-state index in [-0.39, 0.29) is 11.9 Å². The molecule has 3 aromatic rings. The number of likely N-dealkylation sites (tertiary alicyclic amines) is 1. The van der Waals surface area contributed by atoms with E-state index in [2.05, 4.69) is 45.5 Å². The zero-order chi connectivity index (χ0) is 18.5. The Labute approximate surface area is 163 Å². The fraction of sp³-hybridized carbons (Fsp3) is 0.273. The molecule has 0 aliphatic carbocycles. The molecule has 1 fully saturated rings. The third-order valence-electron chi connectivity index (χ3n) is 4.99. The van der Waals surface area contributed by atoms with Crippen molar-refractivity contribution in [3.05, 3.63) is 76.6 Å². The number of thiazole rings is 1. The van der Waals surface area contributed by atoms with Gasteiger partial charge in [0.1, 0.15) is 4.88 Å². The smallest absolute Gasteiger partial charge is 0.263 e. The second kappa shape index (κ2) is 8.46. The van der Waals surface area contributed by atoms with Crippen LogP contribution in [0.25, 0.3) is 11.3 Å². The van der Waals surface area contributed by atoms with Crippen LogP contribution in [0.5, 0.6) is 0 Å². The van der Waals surface area contributed by atoms with Crippen molar-refractivity contribution in [1.29, 1.82) is 0 Å². The van der Waals surface area contributed by atoms with E-state index < -0.39 is 0 Å². The summed E-state index contributed by atoms with van der Waals surface area (Å²) in [6.07, 6.45) is 1.97. The number of carbonyl (C=O) groups excluding carboxylic acids is 1. The molecule has 1 aliphatic heterocycles. The molecule has 2 heterocycles. The van der Waals surface area contributed by atoms with Gasteiger partial charge in [0.15, 0.2) is 0 Å². The molecule has 0 atom stereocenters. The number of nitrogens with one attached hydrogen (secondary N) is 1. The van der Waals surface area contributed by atoms with E-state index >= 15 is 0 Å². The minimum absolute atomic E-state index is 0.00198. The third kappa shape index (κ3) is 4.43. The highest BCUT2D eigenvalue weighted by molar-refractivity contribution is 7.12. The van der Waals surface area contributed by atoms with Gasteiger partial charge in [-0.1, -0.05) is 60.7 Å². The van der Waals surface area contributed by atoms with Crippen LogP contribution in [0.15, 0.2) is 66.2 Å². The standard InChI is InChI=1S/C22H23N3OS/c26-22(21-20(23-16-27-21)18-9-5-2-6-10-18)24-19-11-13-25(14-12-19)15-17-7-3-1-4-8-17/h1-10,16,19H,11-15H2,(H,24,26). The van der Waals surface area contributed by atoms with Crippen molar-refractivity contribution in [3.8, 4) is 11.3 Å². The lowest BCUT2D eigenvalue weighted by Crippen LogP contribution is -2.44. The Kier molecular flexibility index (Phi) is 5.61. The van der Waals surface area contributed by atoms with Crippen molar-refractivity contribution in [1.82, 2.24) is 15.2 Å². The van der Waals surface area contributed by atoms with Gasteiger partial charge in [0.2, 0.25) is 0 Å². The number of carbonyl (C=O) groups is 1. The maximum absolute atomic E-state index is 12.8. The summed E-state index contributed by atoms with van der Waals surface area (Å²) < 4.78 is 0. The van der Waals surface area contributed by atoms with Gasteiger partial charge in [0.05, 0.1) is 11.2 Å². The lowest BCUT2D eigenvalue weighted by molar-refractivity contribution is 0.0913. The maximum atomic E-state index is 12.8. The van der Waals surface area contributed by atoms with Crippen LogP contribution in [0.3, 0.4) is 0 Å². The number of amides is 1. The highest BCUT2D eigenvalue weighted by Gasteiger charge is 2.23. The van der Waals surface area contributed by atoms with Crippen LogP contribution in [0.4, 0.5) is 0 Å². The topological polar surface area (TPSA) is 45.2 Å². The summed E-state index contributed by atoms with van der Waals surface area (Å²) in [5.74, 6) is -0.00198. The second-order valence-corrected chi connectivity index (χ2v) is 7.76. The zero-order valence-corrected chi connectivity index (χ0v) is 16.0. The number of hydrogen-bond donors (Lipinski definition) is 1. The van der Waals surface area contributed by atoms with Crippen LogP contribution in [0.1, 0.15) is 28.1 Å². The van der Waals surface area contributed by atoms with Crippen molar-refractivity contribution in [2.24, 2.45) is 0 Å². The van der Waals surface area contributed by atoms with Gasteiger partial charge in [0, 0.05) is 31.2 Å². The van der Waals surface area contributed by atoms with Crippen LogP contribution in [-0.2, 0) is 6.54 Å². The molecule has 1 saturated heterocycles. The van der Waals surface area contributed by atoms with Crippen molar-refractivity contribution >= 4 is 17.2 Å². The van der Waals surface area contributed by atoms with Gasteiger partial charge in [-0.2, -0.15) is 0 Å². The molecular weight excluding hydrogens is 354 g/mol. The summed E-state index contributed by atoms with van der Waals surface area (Å²) in [6, 6.07) is 20.7. The molecule has 1 amide bonds. The third-order valence-corrected chi connectivity index (χ3v) is 5.82. The number of nitrogens with zero attached hydrogens (tertiary/aromatic N) is 2. The molecule has 0 bridgehead atoms. The Morgan fingerprint density at radius 2 is 1.70 bits per heavy atom. The Hall–Kier alpha value is -2.50. The monoisotopic (exact) mass is 377 g/mol. The van der Waals surface area contributed by atoms with Crippen molar-refractivity contribution < 1.29 is 4.79 Å². The molecular formula is C22H23N3OS. The normalized spacial score (nSPS) is 15.6. The highest BCUT2D eigenvalue weighted by atomic mass is 32.1. The summed E-state index contributed by atoms with van der Waals surface area (Å²) in [7, 11) is 0. The van der Waals surface area contributed by atoms with Crippen LogP contribution >= 0.6 is 11.3 Å². The first-order valence-corrected chi connectivity index (χ1v) is 10.2. The number of aromatic nitrogens is 1. The summed E-state index contributed by atoms with van der Waals surface area (Å²) in [6.45, 7) is 3.00. The van der Waals surface area contributed by atoms with E-state index in [0.29, 0.717) is 4.88 Å². The molecule has 1 aliphatic rings. The Balaban J connectivity index is 1.33. The molecule has 5 heteroatoms. The molecule has 138 valence electrons. The first kappa shape index (κ1) is 17.9. The molecule has 1 aromatic heterocycles. The van der Waals surface area contributed by atoms with E-state index in [4.69, 9.17) is 0 Å². The lowest BCUT2D eigenvalue weighted by Gasteiger charge is -2.32. The SMILES string of the molecule is O=C(NC1CCN(Cc2ccccc2)CC1)c1scnc1-c1ccccc1. The number of hydrogen-bond acceptors (Lipinski definition) is 4. The van der Waals surface area contributed by atoms with Crippen molar-refractivity contribution in [2.75, 3.05) is 13.1 Å². The predicted molar refractivity (Wildman–Crippen MR) is 110 cm³/mol. The molecule has 4 nitrogen and oxygen atoms in total. The summed E-state index contributed by atoms with van der Waals surface area (Å²) >= 11 is 1.41. The van der Waals surface area contributed by atoms with Crippen molar-refractivity contribution in [2.45, 2.75) is 25.4 Å². The van der Waals surface area contributed by atoms with Crippen molar-refractivity contribution in [3.63, 3.8) is 0 Å². The van der Waals surface area contributed by atoms with Gasteiger partial charge in [-0.3, -0.25) is 9.69 Å². The van der Waals surface area contributed by atoms with Gasteiger partial charge in [-0.25, -0.2) is 4.98 Å². The average molecular weight is 378 g/mol. The molecule has 0 radical (unpaired) electrons.